The van der Waals surface area contributed by atoms with Gasteiger partial charge in [0.15, 0.2) is 12.6 Å². The third-order valence-electron chi connectivity index (χ3n) is 5.21. The molecule has 11 nitrogen and oxygen atoms in total. The molecule has 0 aliphatic carbocycles. The van der Waals surface area contributed by atoms with Crippen LogP contribution in [0, 0.1) is 0 Å². The van der Waals surface area contributed by atoms with Gasteiger partial charge in [-0.2, -0.15) is 0 Å². The molecule has 3 rings (SSSR count). The van der Waals surface area contributed by atoms with Gasteiger partial charge in [-0.3, -0.25) is 4.79 Å². The van der Waals surface area contributed by atoms with E-state index in [-0.39, 0.29) is 12.5 Å². The third-order valence-corrected chi connectivity index (χ3v) is 5.21. The molecule has 0 saturated carbocycles. The second kappa shape index (κ2) is 10.7. The van der Waals surface area contributed by atoms with Crippen LogP contribution in [0.25, 0.3) is 0 Å². The fraction of sp³-hybridized carbons (Fsp3) is 0.650. The molecule has 2 aliphatic heterocycles. The van der Waals surface area contributed by atoms with Crippen molar-refractivity contribution >= 4 is 11.6 Å². The van der Waals surface area contributed by atoms with Gasteiger partial charge >= 0.3 is 0 Å². The number of rotatable bonds is 7. The van der Waals surface area contributed by atoms with Crippen molar-refractivity contribution in [1.82, 2.24) is 0 Å². The van der Waals surface area contributed by atoms with Crippen LogP contribution in [0.15, 0.2) is 24.3 Å². The number of carbonyl (C=O) groups is 1. The van der Waals surface area contributed by atoms with Crippen molar-refractivity contribution < 1.29 is 49.3 Å². The Morgan fingerprint density at radius 2 is 1.68 bits per heavy atom. The molecule has 1 unspecified atom stereocenters. The van der Waals surface area contributed by atoms with Crippen molar-refractivity contribution in [2.24, 2.45) is 0 Å². The Bertz CT molecular complexity index is 714. The minimum atomic E-state index is -1.55. The number of amides is 1. The predicted octanol–water partition coefficient (Wildman–Crippen LogP) is -1.29. The molecule has 6 N–H and O–H groups in total. The van der Waals surface area contributed by atoms with Crippen LogP contribution in [0.3, 0.4) is 0 Å². The minimum absolute atomic E-state index is 0.180. The first-order chi connectivity index (χ1) is 14.8. The van der Waals surface area contributed by atoms with Crippen molar-refractivity contribution in [3.8, 4) is 5.75 Å². The molecule has 0 aromatic heterocycles. The SMILES string of the molecule is CC(=O)Nc1ccc(O[C@@H]2CCC(O[C@@H]3O[C@H](CO)[C@H](O)[C@H](O)[C@H]3O)[C@@H](CO)O2)cc1. The minimum Gasteiger partial charge on any atom is -0.465 e. The van der Waals surface area contributed by atoms with Gasteiger partial charge in [-0.15, -0.1) is 0 Å². The molecule has 174 valence electrons. The van der Waals surface area contributed by atoms with Crippen LogP contribution < -0.4 is 10.1 Å². The molecule has 2 fully saturated rings. The Kier molecular flexibility index (Phi) is 8.19. The van der Waals surface area contributed by atoms with E-state index in [1.807, 2.05) is 0 Å². The molecular weight excluding hydrogens is 414 g/mol. The number of anilines is 1. The van der Waals surface area contributed by atoms with Crippen LogP contribution in [0.4, 0.5) is 5.69 Å². The lowest BCUT2D eigenvalue weighted by Crippen LogP contribution is -2.60. The second-order valence-corrected chi connectivity index (χ2v) is 7.56. The second-order valence-electron chi connectivity index (χ2n) is 7.56. The van der Waals surface area contributed by atoms with Crippen LogP contribution >= 0.6 is 0 Å². The average Bonchev–Trinajstić information content (AvgIpc) is 2.76. The lowest BCUT2D eigenvalue weighted by Gasteiger charge is -2.43. The number of carbonyl (C=O) groups excluding carboxylic acids is 1. The lowest BCUT2D eigenvalue weighted by molar-refractivity contribution is -0.329. The van der Waals surface area contributed by atoms with Gasteiger partial charge in [0.25, 0.3) is 0 Å². The number of nitrogens with one attached hydrogen (secondary N) is 1. The summed E-state index contributed by atoms with van der Waals surface area (Å²) in [5.41, 5.74) is 0.630. The van der Waals surface area contributed by atoms with E-state index in [1.54, 1.807) is 24.3 Å². The highest BCUT2D eigenvalue weighted by molar-refractivity contribution is 5.88. The normalized spacial score (nSPS) is 36.1. The summed E-state index contributed by atoms with van der Waals surface area (Å²) in [5.74, 6) is 0.338. The zero-order valence-electron chi connectivity index (χ0n) is 17.0. The molecule has 31 heavy (non-hydrogen) atoms. The van der Waals surface area contributed by atoms with Crippen LogP contribution in [0.5, 0.6) is 5.75 Å². The van der Waals surface area contributed by atoms with E-state index in [4.69, 9.17) is 18.9 Å². The number of aliphatic hydroxyl groups is 5. The Labute approximate surface area is 179 Å². The lowest BCUT2D eigenvalue weighted by atomic mass is 9.99. The standard InChI is InChI=1S/C20H29NO10/c1-10(24)21-11-2-4-12(5-3-11)28-16-7-6-13(14(8-22)29-16)30-20-19(27)18(26)17(25)15(9-23)31-20/h2-5,13-20,22-23,25-27H,6-9H2,1H3,(H,21,24)/t13?,14-,15-,16+,17+,18+,19-,20-/m1/s1. The summed E-state index contributed by atoms with van der Waals surface area (Å²) in [6, 6.07) is 6.74. The number of hydrogen-bond acceptors (Lipinski definition) is 10. The van der Waals surface area contributed by atoms with Crippen LogP contribution in [0.2, 0.25) is 0 Å². The van der Waals surface area contributed by atoms with Gasteiger partial charge in [-0.1, -0.05) is 0 Å². The average molecular weight is 443 g/mol. The van der Waals surface area contributed by atoms with E-state index in [1.165, 1.54) is 6.92 Å². The smallest absolute Gasteiger partial charge is 0.221 e. The summed E-state index contributed by atoms with van der Waals surface area (Å²) in [4.78, 5) is 11.1. The fourth-order valence-corrected chi connectivity index (χ4v) is 3.56. The van der Waals surface area contributed by atoms with Gasteiger partial charge in [-0.25, -0.2) is 0 Å². The number of hydrogen-bond donors (Lipinski definition) is 6. The predicted molar refractivity (Wildman–Crippen MR) is 105 cm³/mol. The molecule has 0 spiro atoms. The van der Waals surface area contributed by atoms with E-state index in [2.05, 4.69) is 5.32 Å². The fourth-order valence-electron chi connectivity index (χ4n) is 3.56. The van der Waals surface area contributed by atoms with E-state index in [0.29, 0.717) is 24.3 Å². The molecule has 0 bridgehead atoms. The molecular formula is C20H29NO10. The van der Waals surface area contributed by atoms with Crippen molar-refractivity contribution in [3.63, 3.8) is 0 Å². The maximum absolute atomic E-state index is 11.1. The quantitative estimate of drug-likeness (QED) is 0.298. The highest BCUT2D eigenvalue weighted by Crippen LogP contribution is 2.29. The van der Waals surface area contributed by atoms with Gasteiger partial charge in [0, 0.05) is 19.0 Å². The topological polar surface area (TPSA) is 167 Å². The van der Waals surface area contributed by atoms with Crippen molar-refractivity contribution in [1.29, 1.82) is 0 Å². The summed E-state index contributed by atoms with van der Waals surface area (Å²) in [6.45, 7) is 0.466. The summed E-state index contributed by atoms with van der Waals surface area (Å²) in [7, 11) is 0. The summed E-state index contributed by atoms with van der Waals surface area (Å²) >= 11 is 0. The van der Waals surface area contributed by atoms with Crippen molar-refractivity contribution in [2.75, 3.05) is 18.5 Å². The summed E-state index contributed by atoms with van der Waals surface area (Å²) in [6.07, 6.45) is -8.27. The van der Waals surface area contributed by atoms with E-state index < -0.39 is 55.8 Å². The van der Waals surface area contributed by atoms with Gasteiger partial charge in [0.1, 0.15) is 36.3 Å². The maximum atomic E-state index is 11.1. The van der Waals surface area contributed by atoms with Gasteiger partial charge < -0.3 is 49.8 Å². The Hall–Kier alpha value is -1.83. The molecule has 1 aromatic rings. The zero-order valence-corrected chi connectivity index (χ0v) is 17.0. The molecule has 0 radical (unpaired) electrons. The number of aliphatic hydroxyl groups excluding tert-OH is 5. The van der Waals surface area contributed by atoms with Crippen molar-refractivity contribution in [3.05, 3.63) is 24.3 Å². The monoisotopic (exact) mass is 443 g/mol. The highest BCUT2D eigenvalue weighted by Gasteiger charge is 2.46. The van der Waals surface area contributed by atoms with E-state index >= 15 is 0 Å². The Balaban J connectivity index is 1.56. The van der Waals surface area contributed by atoms with Crippen LogP contribution in [-0.4, -0.2) is 93.9 Å². The number of benzene rings is 1. The van der Waals surface area contributed by atoms with Crippen LogP contribution in [-0.2, 0) is 19.0 Å². The van der Waals surface area contributed by atoms with Gasteiger partial charge in [-0.05, 0) is 30.7 Å². The number of ether oxygens (including phenoxy) is 4. The third kappa shape index (κ3) is 5.90. The van der Waals surface area contributed by atoms with Gasteiger partial charge in [0.2, 0.25) is 5.91 Å². The summed E-state index contributed by atoms with van der Waals surface area (Å²) in [5, 5.41) is 51.6. The molecule has 11 heteroatoms. The molecule has 2 saturated heterocycles. The highest BCUT2D eigenvalue weighted by atomic mass is 16.7. The Morgan fingerprint density at radius 3 is 2.29 bits per heavy atom. The Morgan fingerprint density at radius 1 is 1.00 bits per heavy atom. The first-order valence-corrected chi connectivity index (χ1v) is 10.1. The first kappa shape index (κ1) is 23.8. The maximum Gasteiger partial charge on any atom is 0.221 e. The zero-order chi connectivity index (χ0) is 22.5. The largest absolute Gasteiger partial charge is 0.465 e. The molecule has 2 heterocycles. The molecule has 1 aromatic carbocycles. The molecule has 2 aliphatic rings. The van der Waals surface area contributed by atoms with Crippen molar-refractivity contribution in [2.45, 2.75) is 69.0 Å². The van der Waals surface area contributed by atoms with Crippen LogP contribution in [0.1, 0.15) is 19.8 Å². The van der Waals surface area contributed by atoms with E-state index in [9.17, 15) is 30.3 Å². The van der Waals surface area contributed by atoms with Gasteiger partial charge in [0.05, 0.1) is 19.3 Å². The summed E-state index contributed by atoms with van der Waals surface area (Å²) < 4.78 is 22.6. The molecule has 8 atom stereocenters. The molecule has 1 amide bonds. The first-order valence-electron chi connectivity index (χ1n) is 10.1. The van der Waals surface area contributed by atoms with E-state index in [0.717, 1.165) is 0 Å².